The fourth-order valence-electron chi connectivity index (χ4n) is 2.75. The Bertz CT molecular complexity index is 775. The Morgan fingerprint density at radius 2 is 1.84 bits per heavy atom. The molecule has 0 unspecified atom stereocenters. The van der Waals surface area contributed by atoms with Crippen molar-refractivity contribution in [3.8, 4) is 0 Å². The molecule has 0 amide bonds. The van der Waals surface area contributed by atoms with E-state index in [1.54, 1.807) is 12.1 Å². The third-order valence-corrected chi connectivity index (χ3v) is 6.05. The molecule has 0 aromatic heterocycles. The number of hydrogen-bond donors (Lipinski definition) is 0. The maximum absolute atomic E-state index is 12.8. The first-order chi connectivity index (χ1) is 12.1. The van der Waals surface area contributed by atoms with Gasteiger partial charge in [-0.3, -0.25) is 0 Å². The molecule has 6 heteroatoms. The molecule has 0 spiro atoms. The number of aryl methyl sites for hydroxylation is 1. The molecule has 0 N–H and O–H groups in total. The van der Waals surface area contributed by atoms with E-state index >= 15 is 0 Å². The highest BCUT2D eigenvalue weighted by Crippen LogP contribution is 2.19. The van der Waals surface area contributed by atoms with Crippen LogP contribution in [0.4, 0.5) is 0 Å². The van der Waals surface area contributed by atoms with Gasteiger partial charge in [-0.15, -0.1) is 0 Å². The topological polar surface area (TPSA) is 55.8 Å². The normalized spacial score (nSPS) is 19.0. The highest BCUT2D eigenvalue weighted by molar-refractivity contribution is 7.89. The summed E-state index contributed by atoms with van der Waals surface area (Å²) in [6.45, 7) is 3.85. The summed E-state index contributed by atoms with van der Waals surface area (Å²) in [4.78, 5) is 0.323. The predicted octanol–water partition coefficient (Wildman–Crippen LogP) is 2.60. The third-order valence-electron chi connectivity index (χ3n) is 4.18. The lowest BCUT2D eigenvalue weighted by Gasteiger charge is -2.32. The predicted molar refractivity (Wildman–Crippen MR) is 95.8 cm³/mol. The van der Waals surface area contributed by atoms with Crippen LogP contribution >= 0.6 is 0 Å². The van der Waals surface area contributed by atoms with Crippen molar-refractivity contribution in [1.29, 1.82) is 0 Å². The van der Waals surface area contributed by atoms with Crippen molar-refractivity contribution >= 4 is 10.0 Å². The van der Waals surface area contributed by atoms with Crippen LogP contribution in [0.15, 0.2) is 59.5 Å². The molecule has 1 aliphatic heterocycles. The lowest BCUT2D eigenvalue weighted by atomic mass is 10.2. The van der Waals surface area contributed by atoms with Crippen LogP contribution in [0.2, 0.25) is 0 Å². The summed E-state index contributed by atoms with van der Waals surface area (Å²) in [5.74, 6) is 0. The Morgan fingerprint density at radius 3 is 2.56 bits per heavy atom. The molecule has 2 aromatic carbocycles. The summed E-state index contributed by atoms with van der Waals surface area (Å²) in [7, 11) is -3.49. The van der Waals surface area contributed by atoms with E-state index < -0.39 is 10.0 Å². The van der Waals surface area contributed by atoms with Crippen molar-refractivity contribution in [3.63, 3.8) is 0 Å². The number of rotatable bonds is 6. The maximum Gasteiger partial charge on any atom is 0.243 e. The van der Waals surface area contributed by atoms with Crippen LogP contribution in [0.1, 0.15) is 11.1 Å². The van der Waals surface area contributed by atoms with E-state index in [1.807, 2.05) is 49.4 Å². The van der Waals surface area contributed by atoms with Gasteiger partial charge >= 0.3 is 0 Å². The van der Waals surface area contributed by atoms with Gasteiger partial charge in [0.1, 0.15) is 0 Å². The number of nitrogens with zero attached hydrogens (tertiary/aromatic N) is 1. The van der Waals surface area contributed by atoms with Crippen LogP contribution in [0.5, 0.6) is 0 Å². The van der Waals surface area contributed by atoms with Gasteiger partial charge in [-0.2, -0.15) is 4.31 Å². The SMILES string of the molecule is Cc1ccc(S(=O)(=O)N2CCO[C@@H](COCc3ccccc3)C2)cc1. The van der Waals surface area contributed by atoms with E-state index in [-0.39, 0.29) is 6.10 Å². The molecule has 1 aliphatic rings. The minimum atomic E-state index is -3.49. The number of ether oxygens (including phenoxy) is 2. The molecule has 1 fully saturated rings. The summed E-state index contributed by atoms with van der Waals surface area (Å²) in [5.41, 5.74) is 2.12. The van der Waals surface area contributed by atoms with Crippen LogP contribution in [-0.4, -0.2) is 45.1 Å². The van der Waals surface area contributed by atoms with Crippen molar-refractivity contribution in [2.24, 2.45) is 0 Å². The molecule has 134 valence electrons. The lowest BCUT2D eigenvalue weighted by Crippen LogP contribution is -2.47. The number of morpholine rings is 1. The Kier molecular flexibility index (Phi) is 5.86. The van der Waals surface area contributed by atoms with Crippen molar-refractivity contribution < 1.29 is 17.9 Å². The van der Waals surface area contributed by atoms with Gasteiger partial charge < -0.3 is 9.47 Å². The van der Waals surface area contributed by atoms with Crippen LogP contribution < -0.4 is 0 Å². The minimum Gasteiger partial charge on any atom is -0.374 e. The number of sulfonamides is 1. The summed E-state index contributed by atoms with van der Waals surface area (Å²) in [6.07, 6.45) is -0.252. The van der Waals surface area contributed by atoms with E-state index in [9.17, 15) is 8.42 Å². The molecule has 25 heavy (non-hydrogen) atoms. The second-order valence-electron chi connectivity index (χ2n) is 6.17. The van der Waals surface area contributed by atoms with E-state index in [0.717, 1.165) is 11.1 Å². The Balaban J connectivity index is 1.58. The molecule has 5 nitrogen and oxygen atoms in total. The van der Waals surface area contributed by atoms with Gasteiger partial charge in [-0.05, 0) is 24.6 Å². The molecule has 0 saturated carbocycles. The molecule has 0 aliphatic carbocycles. The van der Waals surface area contributed by atoms with Gasteiger partial charge in [-0.25, -0.2) is 8.42 Å². The van der Waals surface area contributed by atoms with Crippen molar-refractivity contribution in [1.82, 2.24) is 4.31 Å². The minimum absolute atomic E-state index is 0.252. The number of benzene rings is 2. The molecule has 1 heterocycles. The first-order valence-corrected chi connectivity index (χ1v) is 9.80. The zero-order valence-electron chi connectivity index (χ0n) is 14.3. The summed E-state index contributed by atoms with van der Waals surface area (Å²) in [6, 6.07) is 16.8. The van der Waals surface area contributed by atoms with E-state index in [1.165, 1.54) is 4.31 Å². The standard InChI is InChI=1S/C19H23NO4S/c1-16-7-9-19(10-8-16)25(21,22)20-11-12-24-18(13-20)15-23-14-17-5-3-2-4-6-17/h2-10,18H,11-15H2,1H3/t18-/m1/s1. The molecule has 0 bridgehead atoms. The van der Waals surface area contributed by atoms with Gasteiger partial charge in [0.05, 0.1) is 30.8 Å². The Morgan fingerprint density at radius 1 is 1.12 bits per heavy atom. The second kappa shape index (κ2) is 8.10. The average Bonchev–Trinajstić information content (AvgIpc) is 2.63. The summed E-state index contributed by atoms with van der Waals surface area (Å²) >= 11 is 0. The molecule has 3 rings (SSSR count). The first kappa shape index (κ1) is 18.1. The first-order valence-electron chi connectivity index (χ1n) is 8.36. The van der Waals surface area contributed by atoms with Gasteiger partial charge in [0, 0.05) is 13.1 Å². The summed E-state index contributed by atoms with van der Waals surface area (Å²) in [5, 5.41) is 0. The summed E-state index contributed by atoms with van der Waals surface area (Å²) < 4.78 is 38.4. The highest BCUT2D eigenvalue weighted by Gasteiger charge is 2.30. The Hall–Kier alpha value is -1.73. The number of hydrogen-bond acceptors (Lipinski definition) is 4. The zero-order valence-corrected chi connectivity index (χ0v) is 15.1. The fourth-order valence-corrected chi connectivity index (χ4v) is 4.21. The quantitative estimate of drug-likeness (QED) is 0.794. The van der Waals surface area contributed by atoms with Gasteiger partial charge in [0.2, 0.25) is 10.0 Å². The molecular formula is C19H23NO4S. The van der Waals surface area contributed by atoms with Crippen molar-refractivity contribution in [3.05, 3.63) is 65.7 Å². The smallest absolute Gasteiger partial charge is 0.243 e. The molecule has 1 atom stereocenters. The highest BCUT2D eigenvalue weighted by atomic mass is 32.2. The molecular weight excluding hydrogens is 338 g/mol. The maximum atomic E-state index is 12.8. The fraction of sp³-hybridized carbons (Fsp3) is 0.368. The average molecular weight is 361 g/mol. The molecule has 2 aromatic rings. The second-order valence-corrected chi connectivity index (χ2v) is 8.11. The van der Waals surface area contributed by atoms with E-state index in [4.69, 9.17) is 9.47 Å². The zero-order chi connectivity index (χ0) is 17.7. The van der Waals surface area contributed by atoms with Crippen LogP contribution in [-0.2, 0) is 26.1 Å². The van der Waals surface area contributed by atoms with Gasteiger partial charge in [-0.1, -0.05) is 48.0 Å². The van der Waals surface area contributed by atoms with Crippen LogP contribution in [0.3, 0.4) is 0 Å². The van der Waals surface area contributed by atoms with Gasteiger partial charge in [0.15, 0.2) is 0 Å². The van der Waals surface area contributed by atoms with Crippen molar-refractivity contribution in [2.45, 2.75) is 24.5 Å². The van der Waals surface area contributed by atoms with Crippen LogP contribution in [0.25, 0.3) is 0 Å². The molecule has 0 radical (unpaired) electrons. The lowest BCUT2D eigenvalue weighted by molar-refractivity contribution is -0.0545. The largest absolute Gasteiger partial charge is 0.374 e. The van der Waals surface area contributed by atoms with E-state index in [2.05, 4.69) is 0 Å². The third kappa shape index (κ3) is 4.67. The van der Waals surface area contributed by atoms with Gasteiger partial charge in [0.25, 0.3) is 0 Å². The molecule has 1 saturated heterocycles. The van der Waals surface area contributed by atoms with Crippen molar-refractivity contribution in [2.75, 3.05) is 26.3 Å². The van der Waals surface area contributed by atoms with Crippen LogP contribution in [0, 0.1) is 6.92 Å². The van der Waals surface area contributed by atoms with E-state index in [0.29, 0.717) is 37.8 Å². The Labute approximate surface area is 149 Å². The monoisotopic (exact) mass is 361 g/mol.